The molecular weight excluding hydrogens is 283 g/mol. The van der Waals surface area contributed by atoms with Crippen LogP contribution in [0.4, 0.5) is 4.39 Å². The lowest BCUT2D eigenvalue weighted by Crippen LogP contribution is -2.00. The molecule has 3 nitrogen and oxygen atoms in total. The second-order valence-corrected chi connectivity index (χ2v) is 4.73. The van der Waals surface area contributed by atoms with Gasteiger partial charge in [0.1, 0.15) is 18.2 Å². The smallest absolute Gasteiger partial charge is 0.335 e. The van der Waals surface area contributed by atoms with Crippen LogP contribution >= 0.6 is 11.6 Å². The standard InChI is InChI=1S/C15H12ClFO3/c1-9-6-11(15(18)19)3-5-14(9)20-8-10-2-4-13(17)12(16)7-10/h2-7H,8H2,1H3,(H,18,19). The number of carboxylic acids is 1. The van der Waals surface area contributed by atoms with Crippen LogP contribution in [0.1, 0.15) is 21.5 Å². The van der Waals surface area contributed by atoms with Crippen molar-refractivity contribution >= 4 is 17.6 Å². The van der Waals surface area contributed by atoms with Crippen molar-refractivity contribution < 1.29 is 19.0 Å². The van der Waals surface area contributed by atoms with Gasteiger partial charge in [0.25, 0.3) is 0 Å². The molecule has 0 aromatic heterocycles. The molecule has 0 heterocycles. The molecule has 0 aliphatic carbocycles. The maximum atomic E-state index is 13.0. The summed E-state index contributed by atoms with van der Waals surface area (Å²) in [4.78, 5) is 10.8. The van der Waals surface area contributed by atoms with Gasteiger partial charge in [-0.1, -0.05) is 17.7 Å². The van der Waals surface area contributed by atoms with Crippen molar-refractivity contribution in [3.63, 3.8) is 0 Å². The Morgan fingerprint density at radius 1 is 1.30 bits per heavy atom. The molecule has 0 aliphatic heterocycles. The highest BCUT2D eigenvalue weighted by atomic mass is 35.5. The van der Waals surface area contributed by atoms with Crippen molar-refractivity contribution in [3.8, 4) is 5.75 Å². The fourth-order valence-electron chi connectivity index (χ4n) is 1.73. The Morgan fingerprint density at radius 2 is 2.05 bits per heavy atom. The van der Waals surface area contributed by atoms with E-state index in [0.29, 0.717) is 5.75 Å². The lowest BCUT2D eigenvalue weighted by Gasteiger charge is -2.10. The van der Waals surface area contributed by atoms with Gasteiger partial charge in [-0.25, -0.2) is 9.18 Å². The van der Waals surface area contributed by atoms with Gasteiger partial charge in [-0.05, 0) is 48.4 Å². The summed E-state index contributed by atoms with van der Waals surface area (Å²) in [5, 5.41) is 8.92. The number of aromatic carboxylic acids is 1. The Kier molecular flexibility index (Phi) is 4.25. The zero-order valence-electron chi connectivity index (χ0n) is 10.7. The molecule has 0 saturated carbocycles. The maximum absolute atomic E-state index is 13.0. The molecule has 0 unspecified atom stereocenters. The van der Waals surface area contributed by atoms with Gasteiger partial charge >= 0.3 is 5.97 Å². The summed E-state index contributed by atoms with van der Waals surface area (Å²) in [6.45, 7) is 1.99. The molecular formula is C15H12ClFO3. The van der Waals surface area contributed by atoms with Crippen molar-refractivity contribution in [1.29, 1.82) is 0 Å². The molecule has 104 valence electrons. The van der Waals surface area contributed by atoms with Crippen LogP contribution in [-0.4, -0.2) is 11.1 Å². The van der Waals surface area contributed by atoms with E-state index >= 15 is 0 Å². The van der Waals surface area contributed by atoms with Crippen molar-refractivity contribution in [2.45, 2.75) is 13.5 Å². The van der Waals surface area contributed by atoms with Crippen LogP contribution in [0.5, 0.6) is 5.75 Å². The summed E-state index contributed by atoms with van der Waals surface area (Å²) in [5.41, 5.74) is 1.66. The Morgan fingerprint density at radius 3 is 2.65 bits per heavy atom. The molecule has 5 heteroatoms. The van der Waals surface area contributed by atoms with E-state index in [1.165, 1.54) is 24.3 Å². The van der Waals surface area contributed by atoms with Gasteiger partial charge in [0.2, 0.25) is 0 Å². The summed E-state index contributed by atoms with van der Waals surface area (Å²) in [6, 6.07) is 8.98. The van der Waals surface area contributed by atoms with Crippen molar-refractivity contribution in [3.05, 3.63) is 63.9 Å². The number of benzene rings is 2. The number of halogens is 2. The van der Waals surface area contributed by atoms with Crippen LogP contribution in [0.3, 0.4) is 0 Å². The second-order valence-electron chi connectivity index (χ2n) is 4.32. The highest BCUT2D eigenvalue weighted by Gasteiger charge is 2.07. The number of aryl methyl sites for hydroxylation is 1. The topological polar surface area (TPSA) is 46.5 Å². The number of carbonyl (C=O) groups is 1. The second kappa shape index (κ2) is 5.92. The van der Waals surface area contributed by atoms with Crippen LogP contribution in [-0.2, 0) is 6.61 Å². The average molecular weight is 295 g/mol. The first-order chi connectivity index (χ1) is 9.47. The number of hydrogen-bond donors (Lipinski definition) is 1. The first-order valence-corrected chi connectivity index (χ1v) is 6.26. The van der Waals surface area contributed by atoms with E-state index in [4.69, 9.17) is 21.4 Å². The Bertz CT molecular complexity index is 656. The predicted molar refractivity (Wildman–Crippen MR) is 73.9 cm³/mol. The lowest BCUT2D eigenvalue weighted by atomic mass is 10.1. The Hall–Kier alpha value is -2.07. The third-order valence-corrected chi connectivity index (χ3v) is 3.09. The zero-order chi connectivity index (χ0) is 14.7. The van der Waals surface area contributed by atoms with Gasteiger partial charge < -0.3 is 9.84 Å². The Labute approximate surface area is 120 Å². The monoisotopic (exact) mass is 294 g/mol. The number of hydrogen-bond acceptors (Lipinski definition) is 2. The minimum Gasteiger partial charge on any atom is -0.489 e. The third kappa shape index (κ3) is 3.27. The summed E-state index contributed by atoms with van der Waals surface area (Å²) in [6.07, 6.45) is 0. The van der Waals surface area contributed by atoms with E-state index in [0.717, 1.165) is 11.1 Å². The average Bonchev–Trinajstić information content (AvgIpc) is 2.41. The summed E-state index contributed by atoms with van der Waals surface area (Å²) >= 11 is 5.69. The van der Waals surface area contributed by atoms with Crippen molar-refractivity contribution in [2.24, 2.45) is 0 Å². The van der Waals surface area contributed by atoms with Crippen molar-refractivity contribution in [2.75, 3.05) is 0 Å². The molecule has 2 aromatic rings. The van der Waals surface area contributed by atoms with E-state index in [2.05, 4.69) is 0 Å². The van der Waals surface area contributed by atoms with Gasteiger partial charge in [0, 0.05) is 0 Å². The number of ether oxygens (including phenoxy) is 1. The van der Waals surface area contributed by atoms with Crippen molar-refractivity contribution in [1.82, 2.24) is 0 Å². The highest BCUT2D eigenvalue weighted by Crippen LogP contribution is 2.22. The summed E-state index contributed by atoms with van der Waals surface area (Å²) in [5.74, 6) is -0.877. The molecule has 0 aliphatic rings. The molecule has 2 aromatic carbocycles. The molecule has 0 spiro atoms. The van der Waals surface area contributed by atoms with Gasteiger partial charge in [-0.3, -0.25) is 0 Å². The molecule has 0 fully saturated rings. The van der Waals surface area contributed by atoms with Crippen LogP contribution in [0.25, 0.3) is 0 Å². The SMILES string of the molecule is Cc1cc(C(=O)O)ccc1OCc1ccc(F)c(Cl)c1. The predicted octanol–water partition coefficient (Wildman–Crippen LogP) is 4.06. The van der Waals surface area contributed by atoms with Gasteiger partial charge in [0.05, 0.1) is 10.6 Å². The molecule has 1 N–H and O–H groups in total. The zero-order valence-corrected chi connectivity index (χ0v) is 11.4. The van der Waals surface area contributed by atoms with E-state index in [1.54, 1.807) is 19.1 Å². The molecule has 0 amide bonds. The summed E-state index contributed by atoms with van der Waals surface area (Å²) in [7, 11) is 0. The largest absolute Gasteiger partial charge is 0.489 e. The maximum Gasteiger partial charge on any atom is 0.335 e. The quantitative estimate of drug-likeness (QED) is 0.925. The van der Waals surface area contributed by atoms with Crippen LogP contribution < -0.4 is 4.74 Å². The molecule has 0 radical (unpaired) electrons. The third-order valence-electron chi connectivity index (χ3n) is 2.80. The van der Waals surface area contributed by atoms with Crippen LogP contribution in [0.2, 0.25) is 5.02 Å². The van der Waals surface area contributed by atoms with E-state index in [1.807, 2.05) is 0 Å². The lowest BCUT2D eigenvalue weighted by molar-refractivity contribution is 0.0696. The van der Waals surface area contributed by atoms with E-state index < -0.39 is 11.8 Å². The fraction of sp³-hybridized carbons (Fsp3) is 0.133. The van der Waals surface area contributed by atoms with E-state index in [9.17, 15) is 9.18 Å². The van der Waals surface area contributed by atoms with E-state index in [-0.39, 0.29) is 17.2 Å². The van der Waals surface area contributed by atoms with Crippen LogP contribution in [0.15, 0.2) is 36.4 Å². The minimum atomic E-state index is -0.982. The van der Waals surface area contributed by atoms with Crippen LogP contribution in [0, 0.1) is 12.7 Å². The first kappa shape index (κ1) is 14.3. The molecule has 0 bridgehead atoms. The number of rotatable bonds is 4. The summed E-state index contributed by atoms with van der Waals surface area (Å²) < 4.78 is 18.6. The molecule has 0 saturated heterocycles. The molecule has 2 rings (SSSR count). The first-order valence-electron chi connectivity index (χ1n) is 5.88. The van der Waals surface area contributed by atoms with Gasteiger partial charge in [-0.2, -0.15) is 0 Å². The number of carboxylic acid groups (broad SMARTS) is 1. The molecule has 0 atom stereocenters. The Balaban J connectivity index is 2.10. The van der Waals surface area contributed by atoms with Gasteiger partial charge in [-0.15, -0.1) is 0 Å². The minimum absolute atomic E-state index is 0.0454. The highest BCUT2D eigenvalue weighted by molar-refractivity contribution is 6.30. The fourth-order valence-corrected chi connectivity index (χ4v) is 1.94. The normalized spacial score (nSPS) is 10.3. The molecule has 20 heavy (non-hydrogen) atoms. The van der Waals surface area contributed by atoms with Gasteiger partial charge in [0.15, 0.2) is 0 Å².